The zero-order chi connectivity index (χ0) is 13.8. The van der Waals surface area contributed by atoms with Crippen LogP contribution >= 0.6 is 0 Å². The number of allylic oxidation sites excluding steroid dienone is 1. The monoisotopic (exact) mass is 262 g/mol. The fourth-order valence-electron chi connectivity index (χ4n) is 3.68. The fourth-order valence-corrected chi connectivity index (χ4v) is 3.68. The molecule has 1 spiro atoms. The predicted octanol–water partition coefficient (Wildman–Crippen LogP) is 1.54. The van der Waals surface area contributed by atoms with Crippen molar-refractivity contribution in [1.29, 1.82) is 0 Å². The van der Waals surface area contributed by atoms with E-state index >= 15 is 0 Å². The average molecular weight is 262 g/mol. The molecule has 102 valence electrons. The van der Waals surface area contributed by atoms with Crippen LogP contribution in [0.2, 0.25) is 0 Å². The van der Waals surface area contributed by atoms with Crippen molar-refractivity contribution in [1.82, 2.24) is 0 Å². The summed E-state index contributed by atoms with van der Waals surface area (Å²) in [5, 5.41) is 9.54. The normalized spacial score (nSPS) is 37.7. The van der Waals surface area contributed by atoms with Gasteiger partial charge in [-0.2, -0.15) is 0 Å². The average Bonchev–Trinajstić information content (AvgIpc) is 2.54. The third kappa shape index (κ3) is 1.56. The Morgan fingerprint density at radius 1 is 1.47 bits per heavy atom. The zero-order valence-electron chi connectivity index (χ0n) is 11.2. The first-order valence-corrected chi connectivity index (χ1v) is 6.79. The van der Waals surface area contributed by atoms with Crippen molar-refractivity contribution in [3.8, 4) is 0 Å². The largest absolute Gasteiger partial charge is 0.449 e. The van der Waals surface area contributed by atoms with Crippen molar-refractivity contribution in [2.75, 3.05) is 6.61 Å². The Hall–Kier alpha value is -1.42. The molecule has 3 aliphatic rings. The summed E-state index contributed by atoms with van der Waals surface area (Å²) in [4.78, 5) is 24.3. The molecule has 0 aromatic rings. The molecule has 1 aliphatic heterocycles. The molecule has 1 saturated heterocycles. The van der Waals surface area contributed by atoms with Crippen LogP contribution in [0.15, 0.2) is 22.8 Å². The van der Waals surface area contributed by atoms with Gasteiger partial charge in [0.1, 0.15) is 0 Å². The van der Waals surface area contributed by atoms with Crippen LogP contribution in [0.25, 0.3) is 0 Å². The second-order valence-electron chi connectivity index (χ2n) is 5.87. The minimum atomic E-state index is -0.889. The molecule has 0 saturated carbocycles. The summed E-state index contributed by atoms with van der Waals surface area (Å²) in [5.74, 6) is -0.247. The van der Waals surface area contributed by atoms with E-state index in [4.69, 9.17) is 4.74 Å². The number of esters is 1. The Morgan fingerprint density at radius 3 is 2.89 bits per heavy atom. The Labute approximate surface area is 112 Å². The first-order valence-electron chi connectivity index (χ1n) is 6.79. The summed E-state index contributed by atoms with van der Waals surface area (Å²) in [7, 11) is 0. The maximum absolute atomic E-state index is 12.2. The first kappa shape index (κ1) is 12.6. The number of hydrogen-bond donors (Lipinski definition) is 1. The van der Waals surface area contributed by atoms with Gasteiger partial charge in [-0.05, 0) is 49.3 Å². The lowest BCUT2D eigenvalue weighted by atomic mass is 9.75. The molecular formula is C15H18O4. The van der Waals surface area contributed by atoms with Crippen LogP contribution in [0.1, 0.15) is 33.1 Å². The molecule has 0 aromatic heterocycles. The van der Waals surface area contributed by atoms with E-state index in [1.54, 1.807) is 6.08 Å². The molecule has 1 fully saturated rings. The number of ether oxygens (including phenoxy) is 1. The van der Waals surface area contributed by atoms with Gasteiger partial charge in [-0.25, -0.2) is 0 Å². The number of carbonyl (C=O) groups excluding carboxylic acids is 2. The van der Waals surface area contributed by atoms with E-state index in [0.29, 0.717) is 18.4 Å². The number of aliphatic hydroxyl groups excluding tert-OH is 1. The van der Waals surface area contributed by atoms with Gasteiger partial charge in [-0.1, -0.05) is 6.92 Å². The van der Waals surface area contributed by atoms with Gasteiger partial charge >= 0.3 is 5.97 Å². The summed E-state index contributed by atoms with van der Waals surface area (Å²) in [6.45, 7) is 3.59. The number of fused-ring (bicyclic) bond motifs is 1. The van der Waals surface area contributed by atoms with E-state index < -0.39 is 5.60 Å². The Bertz CT molecular complexity index is 528. The smallest absolute Gasteiger partial charge is 0.310 e. The van der Waals surface area contributed by atoms with Crippen molar-refractivity contribution in [2.45, 2.75) is 38.7 Å². The second-order valence-corrected chi connectivity index (χ2v) is 5.87. The van der Waals surface area contributed by atoms with Crippen molar-refractivity contribution in [3.63, 3.8) is 0 Å². The van der Waals surface area contributed by atoms with Gasteiger partial charge < -0.3 is 9.84 Å². The molecule has 4 nitrogen and oxygen atoms in total. The van der Waals surface area contributed by atoms with E-state index in [-0.39, 0.29) is 30.2 Å². The van der Waals surface area contributed by atoms with Crippen LogP contribution in [0.4, 0.5) is 0 Å². The van der Waals surface area contributed by atoms with Gasteiger partial charge in [-0.3, -0.25) is 9.59 Å². The Balaban J connectivity index is 2.18. The molecule has 0 radical (unpaired) electrons. The molecule has 3 atom stereocenters. The van der Waals surface area contributed by atoms with E-state index in [0.717, 1.165) is 17.6 Å². The summed E-state index contributed by atoms with van der Waals surface area (Å²) in [6.07, 6.45) is 3.73. The van der Waals surface area contributed by atoms with Crippen molar-refractivity contribution in [3.05, 3.63) is 22.8 Å². The quantitative estimate of drug-likeness (QED) is 0.728. The fraction of sp³-hybridized carbons (Fsp3) is 0.600. The van der Waals surface area contributed by atoms with E-state index in [1.807, 2.05) is 13.8 Å². The van der Waals surface area contributed by atoms with Gasteiger partial charge in [0.2, 0.25) is 0 Å². The van der Waals surface area contributed by atoms with Gasteiger partial charge in [-0.15, -0.1) is 0 Å². The van der Waals surface area contributed by atoms with Crippen molar-refractivity contribution < 1.29 is 19.4 Å². The zero-order valence-corrected chi connectivity index (χ0v) is 11.2. The lowest BCUT2D eigenvalue weighted by Gasteiger charge is -2.41. The molecular weight excluding hydrogens is 244 g/mol. The number of rotatable bonds is 1. The topological polar surface area (TPSA) is 63.6 Å². The van der Waals surface area contributed by atoms with Crippen LogP contribution < -0.4 is 0 Å². The van der Waals surface area contributed by atoms with Crippen LogP contribution in [-0.4, -0.2) is 29.1 Å². The van der Waals surface area contributed by atoms with Gasteiger partial charge in [0.05, 0.1) is 12.5 Å². The van der Waals surface area contributed by atoms with Gasteiger partial charge in [0.15, 0.2) is 11.4 Å². The van der Waals surface area contributed by atoms with E-state index in [1.165, 1.54) is 0 Å². The SMILES string of the molecule is CC1=CC(=O)C2=C(CO)CCC3CC12OC(=O)C3C. The third-order valence-corrected chi connectivity index (χ3v) is 4.90. The first-order chi connectivity index (χ1) is 8.99. The molecule has 0 aromatic carbocycles. The molecule has 0 amide bonds. The highest BCUT2D eigenvalue weighted by Crippen LogP contribution is 2.51. The lowest BCUT2D eigenvalue weighted by Crippen LogP contribution is -2.47. The minimum absolute atomic E-state index is 0.107. The standard InChI is InChI=1S/C15H18O4/c1-8-5-12(17)13-11(7-16)4-3-10-6-15(8,13)19-14(18)9(10)2/h5,9-10,16H,3-4,6-7H2,1-2H3. The number of carbonyl (C=O) groups is 2. The van der Waals surface area contributed by atoms with Crippen molar-refractivity contribution in [2.24, 2.45) is 11.8 Å². The second kappa shape index (κ2) is 4.04. The molecule has 1 N–H and O–H groups in total. The van der Waals surface area contributed by atoms with Crippen LogP contribution in [-0.2, 0) is 14.3 Å². The lowest BCUT2D eigenvalue weighted by molar-refractivity contribution is -0.169. The summed E-state index contributed by atoms with van der Waals surface area (Å²) in [6, 6.07) is 0. The molecule has 19 heavy (non-hydrogen) atoms. The molecule has 4 heteroatoms. The Morgan fingerprint density at radius 2 is 2.21 bits per heavy atom. The number of ketones is 1. The predicted molar refractivity (Wildman–Crippen MR) is 68.2 cm³/mol. The molecule has 2 aliphatic carbocycles. The molecule has 3 unspecified atom stereocenters. The number of hydrogen-bond acceptors (Lipinski definition) is 4. The van der Waals surface area contributed by atoms with Gasteiger partial charge in [0.25, 0.3) is 0 Å². The van der Waals surface area contributed by atoms with Gasteiger partial charge in [0, 0.05) is 5.57 Å². The van der Waals surface area contributed by atoms with Crippen LogP contribution in [0.5, 0.6) is 0 Å². The van der Waals surface area contributed by atoms with Crippen LogP contribution in [0.3, 0.4) is 0 Å². The molecule has 1 heterocycles. The maximum Gasteiger partial charge on any atom is 0.310 e. The van der Waals surface area contributed by atoms with Crippen LogP contribution in [0, 0.1) is 11.8 Å². The molecule has 3 rings (SSSR count). The maximum atomic E-state index is 12.2. The van der Waals surface area contributed by atoms with E-state index in [9.17, 15) is 14.7 Å². The van der Waals surface area contributed by atoms with Crippen molar-refractivity contribution >= 4 is 11.8 Å². The Kier molecular flexibility index (Phi) is 2.68. The summed E-state index contributed by atoms with van der Waals surface area (Å²) < 4.78 is 5.68. The third-order valence-electron chi connectivity index (χ3n) is 4.90. The molecule has 2 bridgehead atoms. The highest BCUT2D eigenvalue weighted by molar-refractivity contribution is 6.11. The summed E-state index contributed by atoms with van der Waals surface area (Å²) in [5.41, 5.74) is 1.17. The highest BCUT2D eigenvalue weighted by atomic mass is 16.6. The number of aliphatic hydroxyl groups is 1. The minimum Gasteiger partial charge on any atom is -0.449 e. The van der Waals surface area contributed by atoms with E-state index in [2.05, 4.69) is 0 Å². The summed E-state index contributed by atoms with van der Waals surface area (Å²) >= 11 is 0. The highest BCUT2D eigenvalue weighted by Gasteiger charge is 2.55.